The van der Waals surface area contributed by atoms with Crippen LogP contribution in [0.5, 0.6) is 5.75 Å². The van der Waals surface area contributed by atoms with E-state index in [9.17, 15) is 18.4 Å². The van der Waals surface area contributed by atoms with Gasteiger partial charge in [0.1, 0.15) is 5.82 Å². The van der Waals surface area contributed by atoms with E-state index in [-0.39, 0.29) is 18.0 Å². The molecule has 0 radical (unpaired) electrons. The summed E-state index contributed by atoms with van der Waals surface area (Å²) in [5, 5.41) is 4.41. The lowest BCUT2D eigenvalue weighted by atomic mass is 10.1. The van der Waals surface area contributed by atoms with Gasteiger partial charge in [-0.3, -0.25) is 20.4 Å². The number of rotatable bonds is 6. The number of aryl methyl sites for hydroxylation is 1. The van der Waals surface area contributed by atoms with Gasteiger partial charge in [-0.25, -0.2) is 13.5 Å². The maximum absolute atomic E-state index is 13.6. The van der Waals surface area contributed by atoms with Crippen LogP contribution >= 0.6 is 0 Å². The van der Waals surface area contributed by atoms with Crippen molar-refractivity contribution >= 4 is 11.8 Å². The molecule has 7 nitrogen and oxygen atoms in total. The van der Waals surface area contributed by atoms with Crippen LogP contribution in [0.2, 0.25) is 0 Å². The molecule has 3 rings (SSSR count). The molecule has 0 saturated heterocycles. The fourth-order valence-corrected chi connectivity index (χ4v) is 2.99. The Morgan fingerprint density at radius 2 is 1.74 bits per heavy atom. The summed E-state index contributed by atoms with van der Waals surface area (Å²) in [6.45, 7) is 5.00. The molecule has 2 amide bonds. The standard InChI is InChI=1S/C22H22F2N4O3/c1-13-18(14(2)28(27-13)17-10-8-16(23)9-11-17)12-21(29)25-26-22(30)15(3)31-20-7-5-4-6-19(20)24/h4-11,15H,12H2,1-3H3,(H,25,29)(H,26,30). The van der Waals surface area contributed by atoms with Gasteiger partial charge in [0.25, 0.3) is 5.91 Å². The van der Waals surface area contributed by atoms with Gasteiger partial charge >= 0.3 is 0 Å². The van der Waals surface area contributed by atoms with Gasteiger partial charge in [0, 0.05) is 11.3 Å². The number of halogens is 2. The first-order chi connectivity index (χ1) is 14.8. The maximum Gasteiger partial charge on any atom is 0.279 e. The van der Waals surface area contributed by atoms with Crippen LogP contribution in [0, 0.1) is 25.5 Å². The molecule has 3 aromatic rings. The van der Waals surface area contributed by atoms with Crippen LogP contribution in [0.4, 0.5) is 8.78 Å². The van der Waals surface area contributed by atoms with Crippen LogP contribution in [0.3, 0.4) is 0 Å². The number of aromatic nitrogens is 2. The molecular weight excluding hydrogens is 406 g/mol. The third kappa shape index (κ3) is 5.25. The average Bonchev–Trinajstić information content (AvgIpc) is 3.02. The van der Waals surface area contributed by atoms with E-state index in [1.165, 1.54) is 37.3 Å². The second kappa shape index (κ2) is 9.38. The van der Waals surface area contributed by atoms with E-state index in [1.807, 2.05) is 0 Å². The quantitative estimate of drug-likeness (QED) is 0.592. The molecule has 2 N–H and O–H groups in total. The molecule has 31 heavy (non-hydrogen) atoms. The number of nitrogens with one attached hydrogen (secondary N) is 2. The lowest BCUT2D eigenvalue weighted by Gasteiger charge is -2.15. The summed E-state index contributed by atoms with van der Waals surface area (Å²) in [4.78, 5) is 24.5. The Balaban J connectivity index is 1.59. The average molecular weight is 428 g/mol. The monoisotopic (exact) mass is 428 g/mol. The molecule has 1 aromatic heterocycles. The molecule has 0 fully saturated rings. The number of ether oxygens (including phenoxy) is 1. The Morgan fingerprint density at radius 3 is 2.42 bits per heavy atom. The minimum atomic E-state index is -1.03. The zero-order valence-electron chi connectivity index (χ0n) is 17.3. The summed E-state index contributed by atoms with van der Waals surface area (Å²) in [5.41, 5.74) is 7.31. The fraction of sp³-hybridized carbons (Fsp3) is 0.227. The molecule has 1 unspecified atom stereocenters. The van der Waals surface area contributed by atoms with E-state index in [0.717, 1.165) is 5.69 Å². The molecule has 0 spiro atoms. The van der Waals surface area contributed by atoms with Crippen LogP contribution in [0.25, 0.3) is 5.69 Å². The Morgan fingerprint density at radius 1 is 1.06 bits per heavy atom. The summed E-state index contributed by atoms with van der Waals surface area (Å²) < 4.78 is 33.7. The second-order valence-electron chi connectivity index (χ2n) is 6.94. The number of amides is 2. The minimum Gasteiger partial charge on any atom is -0.478 e. The van der Waals surface area contributed by atoms with Gasteiger partial charge in [-0.2, -0.15) is 5.10 Å². The molecule has 0 aliphatic rings. The Kier molecular flexibility index (Phi) is 6.64. The molecule has 0 bridgehead atoms. The van der Waals surface area contributed by atoms with E-state index in [0.29, 0.717) is 16.9 Å². The van der Waals surface area contributed by atoms with Crippen molar-refractivity contribution in [1.29, 1.82) is 0 Å². The van der Waals surface area contributed by atoms with E-state index in [2.05, 4.69) is 16.0 Å². The molecule has 0 saturated carbocycles. The SMILES string of the molecule is Cc1nn(-c2ccc(F)cc2)c(C)c1CC(=O)NNC(=O)C(C)Oc1ccccc1F. The molecule has 0 aliphatic heterocycles. The summed E-state index contributed by atoms with van der Waals surface area (Å²) in [5.74, 6) is -2.09. The maximum atomic E-state index is 13.6. The first-order valence-corrected chi connectivity index (χ1v) is 9.57. The van der Waals surface area contributed by atoms with Crippen molar-refractivity contribution in [3.63, 3.8) is 0 Å². The Hall–Kier alpha value is -3.75. The normalized spacial score (nSPS) is 11.6. The van der Waals surface area contributed by atoms with Gasteiger partial charge in [0.15, 0.2) is 17.7 Å². The van der Waals surface area contributed by atoms with E-state index < -0.39 is 23.7 Å². The van der Waals surface area contributed by atoms with Crippen LogP contribution in [-0.4, -0.2) is 27.7 Å². The second-order valence-corrected chi connectivity index (χ2v) is 6.94. The van der Waals surface area contributed by atoms with Crippen LogP contribution in [0.15, 0.2) is 48.5 Å². The number of benzene rings is 2. The first-order valence-electron chi connectivity index (χ1n) is 9.57. The van der Waals surface area contributed by atoms with Crippen molar-refractivity contribution in [2.75, 3.05) is 0 Å². The van der Waals surface area contributed by atoms with Crippen LogP contribution in [-0.2, 0) is 16.0 Å². The molecular formula is C22H22F2N4O3. The minimum absolute atomic E-state index is 0.0261. The van der Waals surface area contributed by atoms with Crippen LogP contribution in [0.1, 0.15) is 23.9 Å². The number of para-hydroxylation sites is 1. The lowest BCUT2D eigenvalue weighted by molar-refractivity contribution is -0.132. The zero-order valence-corrected chi connectivity index (χ0v) is 17.3. The van der Waals surface area contributed by atoms with Crippen molar-refractivity contribution < 1.29 is 23.1 Å². The van der Waals surface area contributed by atoms with Gasteiger partial charge in [0.05, 0.1) is 17.8 Å². The molecule has 2 aromatic carbocycles. The third-order valence-corrected chi connectivity index (χ3v) is 4.68. The van der Waals surface area contributed by atoms with E-state index >= 15 is 0 Å². The summed E-state index contributed by atoms with van der Waals surface area (Å²) in [6, 6.07) is 11.6. The van der Waals surface area contributed by atoms with Gasteiger partial charge in [-0.15, -0.1) is 0 Å². The van der Waals surface area contributed by atoms with Crippen molar-refractivity contribution in [2.45, 2.75) is 33.3 Å². The summed E-state index contributed by atoms with van der Waals surface area (Å²) >= 11 is 0. The number of carbonyl (C=O) groups excluding carboxylic acids is 2. The molecule has 9 heteroatoms. The van der Waals surface area contributed by atoms with Gasteiger partial charge in [-0.05, 0) is 57.2 Å². The highest BCUT2D eigenvalue weighted by atomic mass is 19.1. The number of carbonyl (C=O) groups is 2. The smallest absolute Gasteiger partial charge is 0.279 e. The molecule has 0 aliphatic carbocycles. The summed E-state index contributed by atoms with van der Waals surface area (Å²) in [6.07, 6.45) is -1.05. The van der Waals surface area contributed by atoms with Crippen molar-refractivity contribution in [2.24, 2.45) is 0 Å². The Bertz CT molecular complexity index is 1100. The third-order valence-electron chi connectivity index (χ3n) is 4.68. The number of hydrogen-bond donors (Lipinski definition) is 2. The first kappa shape index (κ1) is 21.9. The predicted molar refractivity (Wildman–Crippen MR) is 109 cm³/mol. The highest BCUT2D eigenvalue weighted by Gasteiger charge is 2.19. The van der Waals surface area contributed by atoms with Crippen molar-refractivity contribution in [1.82, 2.24) is 20.6 Å². The molecule has 162 valence electrons. The van der Waals surface area contributed by atoms with Gasteiger partial charge in [0.2, 0.25) is 5.91 Å². The number of hydrogen-bond acceptors (Lipinski definition) is 4. The molecule has 1 heterocycles. The van der Waals surface area contributed by atoms with E-state index in [4.69, 9.17) is 4.74 Å². The fourth-order valence-electron chi connectivity index (χ4n) is 2.99. The largest absolute Gasteiger partial charge is 0.478 e. The van der Waals surface area contributed by atoms with Crippen molar-refractivity contribution in [3.05, 3.63) is 77.1 Å². The topological polar surface area (TPSA) is 85.3 Å². The van der Waals surface area contributed by atoms with Gasteiger partial charge < -0.3 is 4.74 Å². The Labute approximate surface area is 178 Å². The van der Waals surface area contributed by atoms with Crippen LogP contribution < -0.4 is 15.6 Å². The summed E-state index contributed by atoms with van der Waals surface area (Å²) in [7, 11) is 0. The van der Waals surface area contributed by atoms with Gasteiger partial charge in [-0.1, -0.05) is 12.1 Å². The zero-order chi connectivity index (χ0) is 22.5. The van der Waals surface area contributed by atoms with E-state index in [1.54, 1.807) is 36.7 Å². The predicted octanol–water partition coefficient (Wildman–Crippen LogP) is 2.92. The molecule has 1 atom stereocenters. The van der Waals surface area contributed by atoms with Crippen molar-refractivity contribution in [3.8, 4) is 11.4 Å². The number of nitrogens with zero attached hydrogens (tertiary/aromatic N) is 2. The highest BCUT2D eigenvalue weighted by molar-refractivity contribution is 5.85. The highest BCUT2D eigenvalue weighted by Crippen LogP contribution is 2.19. The lowest BCUT2D eigenvalue weighted by Crippen LogP contribution is -2.47. The number of hydrazine groups is 1.